The lowest BCUT2D eigenvalue weighted by Crippen LogP contribution is -2.44. The molecule has 2 rings (SSSR count). The van der Waals surface area contributed by atoms with Crippen molar-refractivity contribution in [1.82, 2.24) is 10.3 Å². The Morgan fingerprint density at radius 2 is 2.00 bits per heavy atom. The number of rotatable bonds is 3. The molecule has 1 amide bonds. The van der Waals surface area contributed by atoms with Crippen LogP contribution in [-0.4, -0.2) is 37.1 Å². The van der Waals surface area contributed by atoms with Crippen LogP contribution in [0.25, 0.3) is 0 Å². The number of piperidine rings is 1. The highest BCUT2D eigenvalue weighted by molar-refractivity contribution is 6.37. The highest BCUT2D eigenvalue weighted by Gasteiger charge is 2.23. The molecule has 0 bridgehead atoms. The largest absolute Gasteiger partial charge is 0.372 e. The van der Waals surface area contributed by atoms with Gasteiger partial charge in [0.1, 0.15) is 11.6 Å². The van der Waals surface area contributed by atoms with Gasteiger partial charge in [-0.3, -0.25) is 4.79 Å². The van der Waals surface area contributed by atoms with Crippen molar-refractivity contribution >= 4 is 40.7 Å². The van der Waals surface area contributed by atoms with Crippen molar-refractivity contribution in [3.05, 3.63) is 16.1 Å². The second kappa shape index (κ2) is 6.50. The Hall–Kier alpha value is -1.20. The molecule has 2 N–H and O–H groups in total. The highest BCUT2D eigenvalue weighted by Crippen LogP contribution is 2.32. The maximum Gasteiger partial charge on any atom is 0.217 e. The van der Waals surface area contributed by atoms with Gasteiger partial charge >= 0.3 is 0 Å². The number of hydrogen-bond donors (Lipinski definition) is 2. The zero-order valence-electron chi connectivity index (χ0n) is 11.5. The molecule has 0 aromatic carbocycles. The van der Waals surface area contributed by atoms with Gasteiger partial charge in [-0.15, -0.1) is 0 Å². The molecule has 20 heavy (non-hydrogen) atoms. The predicted octanol–water partition coefficient (Wildman–Crippen LogP) is 2.54. The molecular weight excluding hydrogens is 299 g/mol. The van der Waals surface area contributed by atoms with Gasteiger partial charge in [0, 0.05) is 33.1 Å². The quantitative estimate of drug-likeness (QED) is 0.899. The van der Waals surface area contributed by atoms with E-state index in [4.69, 9.17) is 23.2 Å². The maximum absolute atomic E-state index is 11.1. The Morgan fingerprint density at radius 1 is 1.35 bits per heavy atom. The van der Waals surface area contributed by atoms with Crippen molar-refractivity contribution in [2.75, 3.05) is 30.4 Å². The van der Waals surface area contributed by atoms with Crippen molar-refractivity contribution in [3.8, 4) is 0 Å². The molecule has 2 heterocycles. The summed E-state index contributed by atoms with van der Waals surface area (Å²) in [4.78, 5) is 17.6. The third kappa shape index (κ3) is 3.46. The minimum Gasteiger partial charge on any atom is -0.372 e. The number of carbonyl (C=O) groups is 1. The van der Waals surface area contributed by atoms with E-state index in [1.165, 1.54) is 0 Å². The second-order valence-corrected chi connectivity index (χ2v) is 5.65. The molecule has 0 radical (unpaired) electrons. The Labute approximate surface area is 128 Å². The van der Waals surface area contributed by atoms with Gasteiger partial charge in [0.05, 0.1) is 10.0 Å². The number of aromatic nitrogens is 1. The van der Waals surface area contributed by atoms with Crippen LogP contribution in [-0.2, 0) is 4.79 Å². The van der Waals surface area contributed by atoms with E-state index in [0.29, 0.717) is 15.9 Å². The lowest BCUT2D eigenvalue weighted by Gasteiger charge is -2.33. The zero-order chi connectivity index (χ0) is 14.7. The first-order valence-corrected chi connectivity index (χ1v) is 7.32. The summed E-state index contributed by atoms with van der Waals surface area (Å²) >= 11 is 12.3. The number of nitrogens with one attached hydrogen (secondary N) is 2. The van der Waals surface area contributed by atoms with Crippen molar-refractivity contribution in [3.63, 3.8) is 0 Å². The minimum atomic E-state index is 0.0172. The first-order valence-electron chi connectivity index (χ1n) is 6.57. The molecule has 0 atom stereocenters. The van der Waals surface area contributed by atoms with Gasteiger partial charge in [0.2, 0.25) is 5.91 Å². The van der Waals surface area contributed by atoms with Crippen LogP contribution in [0.2, 0.25) is 10.0 Å². The molecule has 0 spiro atoms. The first-order chi connectivity index (χ1) is 9.51. The number of hydrogen-bond acceptors (Lipinski definition) is 4. The van der Waals surface area contributed by atoms with Crippen LogP contribution in [0.3, 0.4) is 0 Å². The van der Waals surface area contributed by atoms with Crippen LogP contribution >= 0.6 is 23.2 Å². The average Bonchev–Trinajstić information content (AvgIpc) is 2.39. The maximum atomic E-state index is 11.1. The number of pyridine rings is 1. The summed E-state index contributed by atoms with van der Waals surface area (Å²) in [5, 5.41) is 6.96. The van der Waals surface area contributed by atoms with E-state index < -0.39 is 0 Å². The third-order valence-electron chi connectivity index (χ3n) is 3.35. The minimum absolute atomic E-state index is 0.0172. The second-order valence-electron chi connectivity index (χ2n) is 4.84. The van der Waals surface area contributed by atoms with Crippen LogP contribution in [0.15, 0.2) is 6.07 Å². The molecule has 1 aliphatic rings. The van der Waals surface area contributed by atoms with E-state index in [2.05, 4.69) is 20.5 Å². The molecule has 7 heteroatoms. The SMILES string of the molecule is CNc1nc(N2CCC(NC(C)=O)CC2)c(Cl)cc1Cl. The van der Waals surface area contributed by atoms with Crippen molar-refractivity contribution in [1.29, 1.82) is 0 Å². The third-order valence-corrected chi connectivity index (χ3v) is 3.92. The van der Waals surface area contributed by atoms with E-state index >= 15 is 0 Å². The summed E-state index contributed by atoms with van der Waals surface area (Å²) in [6.45, 7) is 3.16. The smallest absolute Gasteiger partial charge is 0.217 e. The molecule has 0 unspecified atom stereocenters. The number of carbonyl (C=O) groups excluding carboxylic acids is 1. The summed E-state index contributed by atoms with van der Waals surface area (Å²) in [6, 6.07) is 1.94. The summed E-state index contributed by atoms with van der Waals surface area (Å²) in [7, 11) is 1.77. The van der Waals surface area contributed by atoms with E-state index in [1.807, 2.05) is 0 Å². The van der Waals surface area contributed by atoms with Crippen LogP contribution < -0.4 is 15.5 Å². The summed E-state index contributed by atoms with van der Waals surface area (Å²) < 4.78 is 0. The van der Waals surface area contributed by atoms with E-state index in [1.54, 1.807) is 20.0 Å². The van der Waals surface area contributed by atoms with Crippen LogP contribution in [0.1, 0.15) is 19.8 Å². The van der Waals surface area contributed by atoms with Crippen LogP contribution in [0.5, 0.6) is 0 Å². The number of halogens is 2. The fourth-order valence-electron chi connectivity index (χ4n) is 2.38. The molecule has 1 aromatic heterocycles. The Morgan fingerprint density at radius 3 is 2.55 bits per heavy atom. The molecule has 1 aliphatic heterocycles. The molecule has 110 valence electrons. The predicted molar refractivity (Wildman–Crippen MR) is 82.9 cm³/mol. The van der Waals surface area contributed by atoms with E-state index in [-0.39, 0.29) is 11.9 Å². The number of amides is 1. The van der Waals surface area contributed by atoms with Gasteiger partial charge < -0.3 is 15.5 Å². The zero-order valence-corrected chi connectivity index (χ0v) is 13.1. The van der Waals surface area contributed by atoms with Gasteiger partial charge in [-0.1, -0.05) is 23.2 Å². The highest BCUT2D eigenvalue weighted by atomic mass is 35.5. The molecular formula is C13H18Cl2N4O. The number of nitrogens with zero attached hydrogens (tertiary/aromatic N) is 2. The van der Waals surface area contributed by atoms with E-state index in [0.717, 1.165) is 31.7 Å². The Bertz CT molecular complexity index is 501. The fraction of sp³-hybridized carbons (Fsp3) is 0.538. The summed E-state index contributed by atoms with van der Waals surface area (Å²) in [6.07, 6.45) is 1.77. The molecule has 1 saturated heterocycles. The fourth-order valence-corrected chi connectivity index (χ4v) is 2.95. The van der Waals surface area contributed by atoms with Crippen LogP contribution in [0, 0.1) is 0 Å². The molecule has 1 aromatic rings. The van der Waals surface area contributed by atoms with Crippen molar-refractivity contribution in [2.45, 2.75) is 25.8 Å². The Kier molecular flexibility index (Phi) is 4.94. The standard InChI is InChI=1S/C13H18Cl2N4O/c1-8(20)17-9-3-5-19(6-4-9)13-11(15)7-10(14)12(16-2)18-13/h7,9H,3-6H2,1-2H3,(H,16,18)(H,17,20). The van der Waals surface area contributed by atoms with Gasteiger partial charge in [-0.25, -0.2) is 4.98 Å². The monoisotopic (exact) mass is 316 g/mol. The van der Waals surface area contributed by atoms with E-state index in [9.17, 15) is 4.79 Å². The van der Waals surface area contributed by atoms with Crippen molar-refractivity contribution < 1.29 is 4.79 Å². The molecule has 5 nitrogen and oxygen atoms in total. The van der Waals surface area contributed by atoms with Crippen molar-refractivity contribution in [2.24, 2.45) is 0 Å². The van der Waals surface area contributed by atoms with Crippen LogP contribution in [0.4, 0.5) is 11.6 Å². The normalized spacial score (nSPS) is 16.1. The summed E-state index contributed by atoms with van der Waals surface area (Å²) in [5.41, 5.74) is 0. The van der Waals surface area contributed by atoms with Gasteiger partial charge in [-0.2, -0.15) is 0 Å². The Balaban J connectivity index is 2.08. The van der Waals surface area contributed by atoms with Gasteiger partial charge in [0.15, 0.2) is 0 Å². The number of anilines is 2. The van der Waals surface area contributed by atoms with Gasteiger partial charge in [0.25, 0.3) is 0 Å². The molecule has 0 saturated carbocycles. The molecule has 0 aliphatic carbocycles. The average molecular weight is 317 g/mol. The lowest BCUT2D eigenvalue weighted by molar-refractivity contribution is -0.119. The topological polar surface area (TPSA) is 57.3 Å². The first kappa shape index (κ1) is 15.2. The van der Waals surface area contributed by atoms with Gasteiger partial charge in [-0.05, 0) is 18.9 Å². The lowest BCUT2D eigenvalue weighted by atomic mass is 10.1. The summed E-state index contributed by atoms with van der Waals surface area (Å²) in [5.74, 6) is 1.38. The molecule has 1 fully saturated rings.